The molecule has 2 aromatic rings. The highest BCUT2D eigenvalue weighted by atomic mass is 16.5. The highest BCUT2D eigenvalue weighted by molar-refractivity contribution is 5.50. The Hall–Kier alpha value is -2.20. The minimum absolute atomic E-state index is 0.00955. The van der Waals surface area contributed by atoms with E-state index in [1.807, 2.05) is 48.5 Å². The molecule has 2 N–H and O–H groups in total. The van der Waals surface area contributed by atoms with Crippen molar-refractivity contribution in [1.29, 1.82) is 0 Å². The van der Waals surface area contributed by atoms with E-state index in [0.29, 0.717) is 0 Å². The molecule has 106 valence electrons. The second kappa shape index (κ2) is 6.82. The van der Waals surface area contributed by atoms with Gasteiger partial charge in [-0.25, -0.2) is 0 Å². The molecule has 1 unspecified atom stereocenters. The van der Waals surface area contributed by atoms with Crippen LogP contribution >= 0.6 is 0 Å². The molecule has 0 radical (unpaired) electrons. The molecule has 4 nitrogen and oxygen atoms in total. The summed E-state index contributed by atoms with van der Waals surface area (Å²) in [4.78, 5) is 0. The lowest BCUT2D eigenvalue weighted by Gasteiger charge is -2.19. The first-order chi connectivity index (χ1) is 9.76. The molecule has 0 aliphatic rings. The maximum Gasteiger partial charge on any atom is 0.120 e. The Kier molecular flexibility index (Phi) is 4.85. The van der Waals surface area contributed by atoms with Gasteiger partial charge in [0.05, 0.1) is 26.9 Å². The molecule has 0 saturated heterocycles. The summed E-state index contributed by atoms with van der Waals surface area (Å²) in [6.45, 7) is -0.00955. The van der Waals surface area contributed by atoms with Crippen LogP contribution in [0.3, 0.4) is 0 Å². The van der Waals surface area contributed by atoms with E-state index < -0.39 is 0 Å². The van der Waals surface area contributed by atoms with Crippen LogP contribution < -0.4 is 14.8 Å². The number of aliphatic hydroxyl groups excluding tert-OH is 1. The largest absolute Gasteiger partial charge is 0.497 e. The molecule has 2 rings (SSSR count). The summed E-state index contributed by atoms with van der Waals surface area (Å²) in [6, 6.07) is 15.1. The van der Waals surface area contributed by atoms with Crippen molar-refractivity contribution in [1.82, 2.24) is 0 Å². The third-order valence-corrected chi connectivity index (χ3v) is 3.09. The summed E-state index contributed by atoms with van der Waals surface area (Å²) < 4.78 is 10.4. The van der Waals surface area contributed by atoms with E-state index in [1.54, 1.807) is 14.2 Å². The van der Waals surface area contributed by atoms with Crippen LogP contribution in [0.5, 0.6) is 11.5 Å². The maximum absolute atomic E-state index is 9.60. The Morgan fingerprint density at radius 3 is 2.30 bits per heavy atom. The second-order valence-corrected chi connectivity index (χ2v) is 4.39. The number of anilines is 1. The van der Waals surface area contributed by atoms with Gasteiger partial charge in [-0.2, -0.15) is 0 Å². The topological polar surface area (TPSA) is 50.7 Å². The van der Waals surface area contributed by atoms with Crippen molar-refractivity contribution in [3.8, 4) is 11.5 Å². The molecular weight excluding hydrogens is 254 g/mol. The summed E-state index contributed by atoms with van der Waals surface area (Å²) in [5.74, 6) is 1.55. The summed E-state index contributed by atoms with van der Waals surface area (Å²) in [6.07, 6.45) is 0. The Morgan fingerprint density at radius 2 is 1.65 bits per heavy atom. The Morgan fingerprint density at radius 1 is 1.00 bits per heavy atom. The van der Waals surface area contributed by atoms with Gasteiger partial charge in [-0.1, -0.05) is 18.2 Å². The van der Waals surface area contributed by atoms with Crippen molar-refractivity contribution in [2.75, 3.05) is 26.1 Å². The van der Waals surface area contributed by atoms with E-state index in [1.165, 1.54) is 0 Å². The first-order valence-corrected chi connectivity index (χ1v) is 6.42. The fourth-order valence-corrected chi connectivity index (χ4v) is 2.01. The lowest BCUT2D eigenvalue weighted by molar-refractivity contribution is 0.276. The van der Waals surface area contributed by atoms with Gasteiger partial charge in [-0.3, -0.25) is 0 Å². The minimum Gasteiger partial charge on any atom is -0.497 e. The average molecular weight is 273 g/mol. The standard InChI is InChI=1S/C16H19NO3/c1-19-14-7-3-5-12(9-14)16(11-18)17-13-6-4-8-15(10-13)20-2/h3-10,16-18H,11H2,1-2H3. The Balaban J connectivity index is 2.19. The van der Waals surface area contributed by atoms with E-state index in [2.05, 4.69) is 5.32 Å². The molecule has 0 amide bonds. The first kappa shape index (κ1) is 14.2. The zero-order chi connectivity index (χ0) is 14.4. The van der Waals surface area contributed by atoms with E-state index >= 15 is 0 Å². The SMILES string of the molecule is COc1cccc(NC(CO)c2cccc(OC)c2)c1. The van der Waals surface area contributed by atoms with Crippen molar-refractivity contribution in [2.24, 2.45) is 0 Å². The van der Waals surface area contributed by atoms with Crippen molar-refractivity contribution in [3.05, 3.63) is 54.1 Å². The number of ether oxygens (including phenoxy) is 2. The van der Waals surface area contributed by atoms with Crippen molar-refractivity contribution in [2.45, 2.75) is 6.04 Å². The van der Waals surface area contributed by atoms with E-state index in [4.69, 9.17) is 9.47 Å². The summed E-state index contributed by atoms with van der Waals surface area (Å²) in [7, 11) is 3.26. The number of hydrogen-bond acceptors (Lipinski definition) is 4. The van der Waals surface area contributed by atoms with Crippen LogP contribution in [-0.4, -0.2) is 25.9 Å². The molecule has 20 heavy (non-hydrogen) atoms. The highest BCUT2D eigenvalue weighted by Gasteiger charge is 2.11. The molecular formula is C16H19NO3. The van der Waals surface area contributed by atoms with Gasteiger partial charge in [0.15, 0.2) is 0 Å². The summed E-state index contributed by atoms with van der Waals surface area (Å²) >= 11 is 0. The quantitative estimate of drug-likeness (QED) is 0.849. The van der Waals surface area contributed by atoms with Crippen molar-refractivity contribution in [3.63, 3.8) is 0 Å². The third-order valence-electron chi connectivity index (χ3n) is 3.09. The zero-order valence-electron chi connectivity index (χ0n) is 11.7. The molecule has 0 bridgehead atoms. The molecule has 0 fully saturated rings. The molecule has 1 atom stereocenters. The molecule has 0 heterocycles. The first-order valence-electron chi connectivity index (χ1n) is 6.42. The van der Waals surface area contributed by atoms with Crippen molar-refractivity contribution >= 4 is 5.69 Å². The van der Waals surface area contributed by atoms with Crippen molar-refractivity contribution < 1.29 is 14.6 Å². The summed E-state index contributed by atoms with van der Waals surface area (Å²) in [5, 5.41) is 12.9. The van der Waals surface area contributed by atoms with Crippen LogP contribution in [0, 0.1) is 0 Å². The van der Waals surface area contributed by atoms with Crippen LogP contribution in [-0.2, 0) is 0 Å². The lowest BCUT2D eigenvalue weighted by Crippen LogP contribution is -2.14. The number of aliphatic hydroxyl groups is 1. The molecule has 0 aromatic heterocycles. The third kappa shape index (κ3) is 3.42. The van der Waals surface area contributed by atoms with Crippen LogP contribution in [0.2, 0.25) is 0 Å². The normalized spacial score (nSPS) is 11.8. The van der Waals surface area contributed by atoms with Crippen LogP contribution in [0.25, 0.3) is 0 Å². The monoisotopic (exact) mass is 273 g/mol. The molecule has 0 aliphatic heterocycles. The fraction of sp³-hybridized carbons (Fsp3) is 0.250. The predicted molar refractivity (Wildman–Crippen MR) is 79.4 cm³/mol. The van der Waals surface area contributed by atoms with Gasteiger partial charge < -0.3 is 19.9 Å². The maximum atomic E-state index is 9.60. The van der Waals surface area contributed by atoms with E-state index in [-0.39, 0.29) is 12.6 Å². The second-order valence-electron chi connectivity index (χ2n) is 4.39. The fourth-order valence-electron chi connectivity index (χ4n) is 2.01. The van der Waals surface area contributed by atoms with Crippen LogP contribution in [0.15, 0.2) is 48.5 Å². The highest BCUT2D eigenvalue weighted by Crippen LogP contribution is 2.24. The number of nitrogens with one attached hydrogen (secondary N) is 1. The molecule has 4 heteroatoms. The molecule has 0 spiro atoms. The molecule has 2 aromatic carbocycles. The van der Waals surface area contributed by atoms with Gasteiger partial charge in [0.25, 0.3) is 0 Å². The Bertz CT molecular complexity index is 557. The van der Waals surface area contributed by atoms with Crippen LogP contribution in [0.1, 0.15) is 11.6 Å². The van der Waals surface area contributed by atoms with Gasteiger partial charge in [0.2, 0.25) is 0 Å². The van der Waals surface area contributed by atoms with E-state index in [0.717, 1.165) is 22.7 Å². The Labute approximate surface area is 119 Å². The number of methoxy groups -OCH3 is 2. The number of rotatable bonds is 6. The lowest BCUT2D eigenvalue weighted by atomic mass is 10.1. The zero-order valence-corrected chi connectivity index (χ0v) is 11.7. The molecule has 0 aliphatic carbocycles. The van der Waals surface area contributed by atoms with Gasteiger partial charge in [0, 0.05) is 11.8 Å². The smallest absolute Gasteiger partial charge is 0.120 e. The average Bonchev–Trinajstić information content (AvgIpc) is 2.52. The van der Waals surface area contributed by atoms with Crippen LogP contribution in [0.4, 0.5) is 5.69 Å². The van der Waals surface area contributed by atoms with Gasteiger partial charge in [-0.15, -0.1) is 0 Å². The van der Waals surface area contributed by atoms with Gasteiger partial charge in [0.1, 0.15) is 11.5 Å². The van der Waals surface area contributed by atoms with Gasteiger partial charge >= 0.3 is 0 Å². The van der Waals surface area contributed by atoms with E-state index in [9.17, 15) is 5.11 Å². The summed E-state index contributed by atoms with van der Waals surface area (Å²) in [5.41, 5.74) is 1.86. The predicted octanol–water partition coefficient (Wildman–Crippen LogP) is 2.85. The van der Waals surface area contributed by atoms with Gasteiger partial charge in [-0.05, 0) is 29.8 Å². The number of benzene rings is 2. The molecule has 0 saturated carbocycles. The minimum atomic E-state index is -0.197. The number of hydrogen-bond donors (Lipinski definition) is 2.